The molecule has 0 atom stereocenters. The highest BCUT2D eigenvalue weighted by Crippen LogP contribution is 2.15. The molecule has 3 aromatic rings. The molecule has 2 aromatic carbocycles. The van der Waals surface area contributed by atoms with Crippen molar-refractivity contribution >= 4 is 40.5 Å². The molecule has 0 saturated heterocycles. The minimum atomic E-state index is -0.721. The van der Waals surface area contributed by atoms with E-state index in [0.29, 0.717) is 10.6 Å². The van der Waals surface area contributed by atoms with Crippen LogP contribution in [0.5, 0.6) is 0 Å². The van der Waals surface area contributed by atoms with Gasteiger partial charge in [0.2, 0.25) is 0 Å². The third-order valence-electron chi connectivity index (χ3n) is 3.54. The van der Waals surface area contributed by atoms with Crippen LogP contribution in [0.3, 0.4) is 0 Å². The van der Waals surface area contributed by atoms with Gasteiger partial charge in [-0.15, -0.1) is 11.3 Å². The van der Waals surface area contributed by atoms with E-state index in [1.807, 2.05) is 0 Å². The van der Waals surface area contributed by atoms with E-state index in [9.17, 15) is 18.8 Å². The van der Waals surface area contributed by atoms with Crippen LogP contribution in [0, 0.1) is 5.82 Å². The van der Waals surface area contributed by atoms with E-state index in [1.54, 1.807) is 29.6 Å². The molecular formula is C20H15FN2O4S. The number of carbonyl (C=O) groups is 3. The molecule has 1 heterocycles. The van der Waals surface area contributed by atoms with Gasteiger partial charge in [0.25, 0.3) is 11.8 Å². The van der Waals surface area contributed by atoms with Gasteiger partial charge >= 0.3 is 5.97 Å². The zero-order chi connectivity index (χ0) is 19.9. The topological polar surface area (TPSA) is 84.5 Å². The lowest BCUT2D eigenvalue weighted by atomic mass is 10.2. The third kappa shape index (κ3) is 5.24. The minimum absolute atomic E-state index is 0.183. The monoisotopic (exact) mass is 398 g/mol. The van der Waals surface area contributed by atoms with Crippen LogP contribution in [-0.2, 0) is 9.53 Å². The van der Waals surface area contributed by atoms with Crippen LogP contribution in [0.2, 0.25) is 0 Å². The molecule has 2 N–H and O–H groups in total. The van der Waals surface area contributed by atoms with E-state index in [4.69, 9.17) is 4.74 Å². The Hall–Kier alpha value is -3.52. The predicted molar refractivity (Wildman–Crippen MR) is 104 cm³/mol. The highest BCUT2D eigenvalue weighted by Gasteiger charge is 2.13. The van der Waals surface area contributed by atoms with Gasteiger partial charge in [-0.2, -0.15) is 0 Å². The second-order valence-corrected chi connectivity index (χ2v) is 6.59. The summed E-state index contributed by atoms with van der Waals surface area (Å²) in [4.78, 5) is 36.6. The van der Waals surface area contributed by atoms with E-state index in [0.717, 1.165) is 6.07 Å². The molecule has 0 fully saturated rings. The molecule has 0 bridgehead atoms. The van der Waals surface area contributed by atoms with Crippen molar-refractivity contribution in [3.8, 4) is 0 Å². The number of hydrogen-bond acceptors (Lipinski definition) is 5. The molecule has 6 nitrogen and oxygen atoms in total. The fourth-order valence-electron chi connectivity index (χ4n) is 2.30. The maximum Gasteiger partial charge on any atom is 0.338 e. The number of amides is 2. The van der Waals surface area contributed by atoms with Crippen molar-refractivity contribution in [3.63, 3.8) is 0 Å². The lowest BCUT2D eigenvalue weighted by molar-refractivity contribution is -0.119. The second-order valence-electron chi connectivity index (χ2n) is 5.65. The maximum atomic E-state index is 13.1. The van der Waals surface area contributed by atoms with Crippen LogP contribution >= 0.6 is 11.3 Å². The molecule has 8 heteroatoms. The third-order valence-corrected chi connectivity index (χ3v) is 4.41. The van der Waals surface area contributed by atoms with E-state index < -0.39 is 24.3 Å². The lowest BCUT2D eigenvalue weighted by Gasteiger charge is -2.08. The van der Waals surface area contributed by atoms with Crippen molar-refractivity contribution in [2.24, 2.45) is 0 Å². The predicted octanol–water partition coefficient (Wildman–Crippen LogP) is 3.94. The number of benzene rings is 2. The van der Waals surface area contributed by atoms with Gasteiger partial charge in [-0.05, 0) is 47.8 Å². The molecule has 3 rings (SSSR count). The SMILES string of the molecule is O=C(COC(=O)c1cccc(NC(=O)c2cccs2)c1)Nc1cccc(F)c1. The van der Waals surface area contributed by atoms with Gasteiger partial charge in [0, 0.05) is 11.4 Å². The molecule has 142 valence electrons. The first-order chi connectivity index (χ1) is 13.5. The Morgan fingerprint density at radius 3 is 2.39 bits per heavy atom. The van der Waals surface area contributed by atoms with E-state index in [1.165, 1.54) is 41.7 Å². The molecule has 0 aliphatic heterocycles. The number of esters is 1. The molecular weight excluding hydrogens is 383 g/mol. The fraction of sp³-hybridized carbons (Fsp3) is 0.0500. The van der Waals surface area contributed by atoms with Crippen LogP contribution in [0.25, 0.3) is 0 Å². The Balaban J connectivity index is 1.55. The molecule has 0 spiro atoms. The number of halogens is 1. The molecule has 28 heavy (non-hydrogen) atoms. The summed E-state index contributed by atoms with van der Waals surface area (Å²) < 4.78 is 18.1. The molecule has 0 aliphatic rings. The highest BCUT2D eigenvalue weighted by molar-refractivity contribution is 7.12. The Kier molecular flexibility index (Phi) is 6.13. The molecule has 1 aromatic heterocycles. The van der Waals surface area contributed by atoms with Crippen molar-refractivity contribution in [2.45, 2.75) is 0 Å². The Morgan fingerprint density at radius 1 is 0.929 bits per heavy atom. The number of hydrogen-bond donors (Lipinski definition) is 2. The van der Waals surface area contributed by atoms with Gasteiger partial charge in [-0.1, -0.05) is 18.2 Å². The quantitative estimate of drug-likeness (QED) is 0.616. The number of nitrogens with one attached hydrogen (secondary N) is 2. The summed E-state index contributed by atoms with van der Waals surface area (Å²) in [6.45, 7) is -0.527. The summed E-state index contributed by atoms with van der Waals surface area (Å²) in [5.41, 5.74) is 0.874. The second kappa shape index (κ2) is 8.92. The largest absolute Gasteiger partial charge is 0.452 e. The zero-order valence-corrected chi connectivity index (χ0v) is 15.3. The van der Waals surface area contributed by atoms with Crippen LogP contribution in [0.1, 0.15) is 20.0 Å². The van der Waals surface area contributed by atoms with Gasteiger partial charge in [-0.3, -0.25) is 9.59 Å². The molecule has 0 aliphatic carbocycles. The smallest absolute Gasteiger partial charge is 0.338 e. The van der Waals surface area contributed by atoms with Gasteiger partial charge in [0.15, 0.2) is 6.61 Å². The Labute approximate surface area is 164 Å². The number of rotatable bonds is 6. The highest BCUT2D eigenvalue weighted by atomic mass is 32.1. The van der Waals surface area contributed by atoms with Gasteiger partial charge in [-0.25, -0.2) is 9.18 Å². The van der Waals surface area contributed by atoms with Gasteiger partial charge < -0.3 is 15.4 Å². The molecule has 0 radical (unpaired) electrons. The van der Waals surface area contributed by atoms with E-state index >= 15 is 0 Å². The number of ether oxygens (including phenoxy) is 1. The number of anilines is 2. The fourth-order valence-corrected chi connectivity index (χ4v) is 2.92. The summed E-state index contributed by atoms with van der Waals surface area (Å²) >= 11 is 1.30. The van der Waals surface area contributed by atoms with E-state index in [-0.39, 0.29) is 17.2 Å². The zero-order valence-electron chi connectivity index (χ0n) is 14.5. The van der Waals surface area contributed by atoms with Crippen molar-refractivity contribution in [1.29, 1.82) is 0 Å². The Morgan fingerprint density at radius 2 is 1.68 bits per heavy atom. The maximum absolute atomic E-state index is 13.1. The van der Waals surface area contributed by atoms with Crippen molar-refractivity contribution in [2.75, 3.05) is 17.2 Å². The molecule has 0 saturated carbocycles. The standard InChI is InChI=1S/C20H15FN2O4S/c21-14-5-2-7-16(11-14)22-18(24)12-27-20(26)13-4-1-6-15(10-13)23-19(25)17-8-3-9-28-17/h1-11H,12H2,(H,22,24)(H,23,25). The summed E-state index contributed by atoms with van der Waals surface area (Å²) in [6, 6.07) is 15.0. The Bertz CT molecular complexity index is 1000. The van der Waals surface area contributed by atoms with Crippen LogP contribution in [-0.4, -0.2) is 24.4 Å². The normalized spacial score (nSPS) is 10.2. The summed E-state index contributed by atoms with van der Waals surface area (Å²) in [6.07, 6.45) is 0. The average Bonchev–Trinajstić information content (AvgIpc) is 3.21. The number of thiophene rings is 1. The van der Waals surface area contributed by atoms with E-state index in [2.05, 4.69) is 10.6 Å². The average molecular weight is 398 g/mol. The number of carbonyl (C=O) groups excluding carboxylic acids is 3. The van der Waals surface area contributed by atoms with Crippen molar-refractivity contribution in [1.82, 2.24) is 0 Å². The minimum Gasteiger partial charge on any atom is -0.452 e. The molecule has 0 unspecified atom stereocenters. The summed E-state index contributed by atoms with van der Waals surface area (Å²) in [7, 11) is 0. The lowest BCUT2D eigenvalue weighted by Crippen LogP contribution is -2.21. The van der Waals surface area contributed by atoms with Crippen LogP contribution in [0.4, 0.5) is 15.8 Å². The van der Waals surface area contributed by atoms with Crippen molar-refractivity contribution in [3.05, 3.63) is 82.3 Å². The van der Waals surface area contributed by atoms with Gasteiger partial charge in [0.05, 0.1) is 10.4 Å². The molecule has 2 amide bonds. The first-order valence-corrected chi connectivity index (χ1v) is 9.07. The van der Waals surface area contributed by atoms with Crippen molar-refractivity contribution < 1.29 is 23.5 Å². The first kappa shape index (κ1) is 19.2. The van der Waals surface area contributed by atoms with Crippen LogP contribution < -0.4 is 10.6 Å². The summed E-state index contributed by atoms with van der Waals surface area (Å²) in [5.74, 6) is -2.09. The van der Waals surface area contributed by atoms with Gasteiger partial charge in [0.1, 0.15) is 5.82 Å². The summed E-state index contributed by atoms with van der Waals surface area (Å²) in [5, 5.41) is 6.91. The van der Waals surface area contributed by atoms with Crippen LogP contribution in [0.15, 0.2) is 66.0 Å². The first-order valence-electron chi connectivity index (χ1n) is 8.19.